The van der Waals surface area contributed by atoms with Crippen LogP contribution < -0.4 is 14.2 Å². The molecule has 0 saturated carbocycles. The predicted molar refractivity (Wildman–Crippen MR) is 93.2 cm³/mol. The summed E-state index contributed by atoms with van der Waals surface area (Å²) >= 11 is 11.4. The number of hydrogen-bond acceptors (Lipinski definition) is 4. The summed E-state index contributed by atoms with van der Waals surface area (Å²) in [7, 11) is 4.62. The first kappa shape index (κ1) is 19.5. The molecule has 0 aromatic heterocycles. The van der Waals surface area contributed by atoms with E-state index in [1.54, 1.807) is 37.3 Å². The van der Waals surface area contributed by atoms with Crippen LogP contribution in [0.15, 0.2) is 18.2 Å². The largest absolute Gasteiger partial charge is 0.493 e. The van der Waals surface area contributed by atoms with Gasteiger partial charge >= 0.3 is 0 Å². The third kappa shape index (κ3) is 5.52. The van der Waals surface area contributed by atoms with Gasteiger partial charge in [-0.25, -0.2) is 0 Å². The summed E-state index contributed by atoms with van der Waals surface area (Å²) in [5.41, 5.74) is 0.754. The maximum atomic E-state index is 12.2. The minimum Gasteiger partial charge on any atom is -0.493 e. The number of methoxy groups -OCH3 is 3. The molecule has 128 valence electrons. The monoisotopic (exact) mass is 361 g/mol. The van der Waals surface area contributed by atoms with Crippen LogP contribution in [0.25, 0.3) is 6.08 Å². The minimum absolute atomic E-state index is 0.153. The number of alkyl halides is 2. The molecule has 1 amide bonds. The van der Waals surface area contributed by atoms with Gasteiger partial charge in [0.1, 0.15) is 0 Å². The fourth-order valence-electron chi connectivity index (χ4n) is 2.01. The Morgan fingerprint density at radius 2 is 1.57 bits per heavy atom. The molecule has 1 aromatic carbocycles. The number of halogens is 2. The van der Waals surface area contributed by atoms with Crippen LogP contribution in [-0.4, -0.2) is 57.0 Å². The van der Waals surface area contributed by atoms with Crippen molar-refractivity contribution in [3.63, 3.8) is 0 Å². The molecule has 0 bridgehead atoms. The number of rotatable bonds is 9. The van der Waals surface area contributed by atoms with Crippen LogP contribution in [0.5, 0.6) is 17.2 Å². The molecule has 0 atom stereocenters. The summed E-state index contributed by atoms with van der Waals surface area (Å²) < 4.78 is 15.8. The molecular formula is C16H21Cl2NO4. The van der Waals surface area contributed by atoms with E-state index in [0.29, 0.717) is 42.1 Å². The Bertz CT molecular complexity index is 518. The van der Waals surface area contributed by atoms with Gasteiger partial charge in [0.05, 0.1) is 21.3 Å². The number of benzene rings is 1. The van der Waals surface area contributed by atoms with E-state index in [1.807, 2.05) is 0 Å². The summed E-state index contributed by atoms with van der Waals surface area (Å²) in [6.07, 6.45) is 3.15. The lowest BCUT2D eigenvalue weighted by atomic mass is 10.1. The first-order valence-corrected chi connectivity index (χ1v) is 8.07. The van der Waals surface area contributed by atoms with Crippen LogP contribution in [-0.2, 0) is 4.79 Å². The van der Waals surface area contributed by atoms with Crippen LogP contribution in [0.4, 0.5) is 0 Å². The smallest absolute Gasteiger partial charge is 0.246 e. The van der Waals surface area contributed by atoms with Crippen molar-refractivity contribution in [2.75, 3.05) is 46.2 Å². The Morgan fingerprint density at radius 3 is 1.96 bits per heavy atom. The molecule has 7 heteroatoms. The molecule has 0 saturated heterocycles. The van der Waals surface area contributed by atoms with E-state index in [-0.39, 0.29) is 5.91 Å². The van der Waals surface area contributed by atoms with Crippen molar-refractivity contribution in [3.8, 4) is 17.2 Å². The van der Waals surface area contributed by atoms with Crippen molar-refractivity contribution in [3.05, 3.63) is 23.8 Å². The number of amides is 1. The van der Waals surface area contributed by atoms with Crippen LogP contribution >= 0.6 is 23.2 Å². The Hall–Kier alpha value is -1.59. The zero-order valence-corrected chi connectivity index (χ0v) is 15.0. The summed E-state index contributed by atoms with van der Waals surface area (Å²) in [5.74, 6) is 2.13. The second-order valence-electron chi connectivity index (χ2n) is 4.50. The van der Waals surface area contributed by atoms with E-state index < -0.39 is 0 Å². The Balaban J connectivity index is 3.00. The Morgan fingerprint density at radius 1 is 1.04 bits per heavy atom. The number of hydrogen-bond donors (Lipinski definition) is 0. The van der Waals surface area contributed by atoms with E-state index in [4.69, 9.17) is 37.4 Å². The minimum atomic E-state index is -0.153. The van der Waals surface area contributed by atoms with Gasteiger partial charge in [-0.2, -0.15) is 0 Å². The average molecular weight is 362 g/mol. The Labute approximate surface area is 146 Å². The van der Waals surface area contributed by atoms with E-state index in [9.17, 15) is 4.79 Å². The van der Waals surface area contributed by atoms with Crippen molar-refractivity contribution >= 4 is 35.2 Å². The third-order valence-corrected chi connectivity index (χ3v) is 3.46. The van der Waals surface area contributed by atoms with Crippen LogP contribution in [0, 0.1) is 0 Å². The van der Waals surface area contributed by atoms with Crippen molar-refractivity contribution in [2.45, 2.75) is 0 Å². The van der Waals surface area contributed by atoms with E-state index >= 15 is 0 Å². The summed E-state index contributed by atoms with van der Waals surface area (Å²) in [5, 5.41) is 0. The highest BCUT2D eigenvalue weighted by molar-refractivity contribution is 6.18. The molecule has 23 heavy (non-hydrogen) atoms. The van der Waals surface area contributed by atoms with Gasteiger partial charge in [-0.05, 0) is 23.8 Å². The summed E-state index contributed by atoms with van der Waals surface area (Å²) in [6.45, 7) is 0.902. The average Bonchev–Trinajstić information content (AvgIpc) is 2.58. The molecule has 0 N–H and O–H groups in total. The molecule has 0 aliphatic carbocycles. The Kier molecular flexibility index (Phi) is 8.66. The molecule has 0 aliphatic heterocycles. The van der Waals surface area contributed by atoms with Crippen molar-refractivity contribution < 1.29 is 19.0 Å². The van der Waals surface area contributed by atoms with Crippen LogP contribution in [0.3, 0.4) is 0 Å². The van der Waals surface area contributed by atoms with Crippen molar-refractivity contribution in [2.24, 2.45) is 0 Å². The SMILES string of the molecule is COc1cc(/C=C/C(=O)N(CCCl)CCCl)cc(OC)c1OC. The van der Waals surface area contributed by atoms with Gasteiger partial charge in [0, 0.05) is 30.9 Å². The highest BCUT2D eigenvalue weighted by Gasteiger charge is 2.13. The van der Waals surface area contributed by atoms with Gasteiger partial charge < -0.3 is 19.1 Å². The highest BCUT2D eigenvalue weighted by Crippen LogP contribution is 2.38. The predicted octanol–water partition coefficient (Wildman–Crippen LogP) is 3.03. The van der Waals surface area contributed by atoms with Crippen molar-refractivity contribution in [1.29, 1.82) is 0 Å². The number of nitrogens with zero attached hydrogens (tertiary/aromatic N) is 1. The second-order valence-corrected chi connectivity index (χ2v) is 5.25. The summed E-state index contributed by atoms with van der Waals surface area (Å²) in [4.78, 5) is 13.8. The normalized spacial score (nSPS) is 10.7. The zero-order chi connectivity index (χ0) is 17.2. The standard InChI is InChI=1S/C16H21Cl2NO4/c1-21-13-10-12(11-14(22-2)16(13)23-3)4-5-15(20)19(8-6-17)9-7-18/h4-5,10-11H,6-9H2,1-3H3/b5-4+. The molecule has 0 aliphatic rings. The molecule has 0 spiro atoms. The topological polar surface area (TPSA) is 48.0 Å². The van der Waals surface area contributed by atoms with Crippen LogP contribution in [0.1, 0.15) is 5.56 Å². The molecule has 1 aromatic rings. The van der Waals surface area contributed by atoms with Gasteiger partial charge in [-0.1, -0.05) is 0 Å². The quantitative estimate of drug-likeness (QED) is 0.501. The highest BCUT2D eigenvalue weighted by atomic mass is 35.5. The first-order chi connectivity index (χ1) is 11.1. The van der Waals surface area contributed by atoms with Gasteiger partial charge in [0.15, 0.2) is 11.5 Å². The molecule has 0 fully saturated rings. The second kappa shape index (κ2) is 10.2. The maximum absolute atomic E-state index is 12.2. The fourth-order valence-corrected chi connectivity index (χ4v) is 2.41. The number of carbonyl (C=O) groups excluding carboxylic acids is 1. The number of carbonyl (C=O) groups is 1. The van der Waals surface area contributed by atoms with Crippen molar-refractivity contribution in [1.82, 2.24) is 4.90 Å². The lowest BCUT2D eigenvalue weighted by Gasteiger charge is -2.18. The fraction of sp³-hybridized carbons (Fsp3) is 0.438. The van der Waals surface area contributed by atoms with Gasteiger partial charge in [0.2, 0.25) is 11.7 Å². The van der Waals surface area contributed by atoms with E-state index in [2.05, 4.69) is 0 Å². The lowest BCUT2D eigenvalue weighted by molar-refractivity contribution is -0.125. The molecule has 0 unspecified atom stereocenters. The van der Waals surface area contributed by atoms with Gasteiger partial charge in [0.25, 0.3) is 0 Å². The van der Waals surface area contributed by atoms with Crippen LogP contribution in [0.2, 0.25) is 0 Å². The first-order valence-electron chi connectivity index (χ1n) is 7.00. The summed E-state index contributed by atoms with van der Waals surface area (Å²) in [6, 6.07) is 3.52. The molecule has 5 nitrogen and oxygen atoms in total. The lowest BCUT2D eigenvalue weighted by Crippen LogP contribution is -2.33. The maximum Gasteiger partial charge on any atom is 0.246 e. The van der Waals surface area contributed by atoms with Gasteiger partial charge in [-0.15, -0.1) is 23.2 Å². The molecular weight excluding hydrogens is 341 g/mol. The molecule has 0 heterocycles. The van der Waals surface area contributed by atoms with E-state index in [1.165, 1.54) is 13.2 Å². The number of ether oxygens (including phenoxy) is 3. The molecule has 1 rings (SSSR count). The molecule has 0 radical (unpaired) electrons. The third-order valence-electron chi connectivity index (χ3n) is 3.13. The van der Waals surface area contributed by atoms with E-state index in [0.717, 1.165) is 5.56 Å². The van der Waals surface area contributed by atoms with Gasteiger partial charge in [-0.3, -0.25) is 4.79 Å². The zero-order valence-electron chi connectivity index (χ0n) is 13.5.